The minimum atomic E-state index is 0.498. The number of nitrogens with zero attached hydrogens (tertiary/aromatic N) is 3. The van der Waals surface area contributed by atoms with Gasteiger partial charge in [-0.1, -0.05) is 44.2 Å². The summed E-state index contributed by atoms with van der Waals surface area (Å²) in [7, 11) is 0. The average Bonchev–Trinajstić information content (AvgIpc) is 2.68. The molecule has 1 fully saturated rings. The van der Waals surface area contributed by atoms with Gasteiger partial charge in [-0.2, -0.15) is 0 Å². The molecule has 1 heterocycles. The minimum absolute atomic E-state index is 0.498. The fraction of sp³-hybridized carbons (Fsp3) is 0.682. The summed E-state index contributed by atoms with van der Waals surface area (Å²) in [5.41, 5.74) is 1.40. The van der Waals surface area contributed by atoms with Gasteiger partial charge in [0.2, 0.25) is 0 Å². The van der Waals surface area contributed by atoms with E-state index in [-0.39, 0.29) is 0 Å². The molecule has 0 saturated carbocycles. The second-order valence-corrected chi connectivity index (χ2v) is 7.46. The molecule has 2 N–H and O–H groups in total. The number of guanidine groups is 1. The number of nitrogens with one attached hydrogen (secondary N) is 2. The summed E-state index contributed by atoms with van der Waals surface area (Å²) in [6.45, 7) is 16.0. The zero-order valence-corrected chi connectivity index (χ0v) is 17.7. The second kappa shape index (κ2) is 12.0. The van der Waals surface area contributed by atoms with Gasteiger partial charge in [-0.25, -0.2) is 0 Å². The maximum absolute atomic E-state index is 4.79. The van der Waals surface area contributed by atoms with Gasteiger partial charge in [-0.05, 0) is 45.3 Å². The van der Waals surface area contributed by atoms with E-state index in [1.54, 1.807) is 0 Å². The molecule has 0 aromatic heterocycles. The highest BCUT2D eigenvalue weighted by molar-refractivity contribution is 5.80. The summed E-state index contributed by atoms with van der Waals surface area (Å²) >= 11 is 0. The van der Waals surface area contributed by atoms with Crippen LogP contribution in [0.2, 0.25) is 0 Å². The van der Waals surface area contributed by atoms with E-state index in [1.807, 2.05) is 0 Å². The summed E-state index contributed by atoms with van der Waals surface area (Å²) in [6.07, 6.45) is 2.32. The van der Waals surface area contributed by atoms with E-state index < -0.39 is 0 Å². The molecule has 27 heavy (non-hydrogen) atoms. The molecule has 2 rings (SSSR count). The topological polar surface area (TPSA) is 42.9 Å². The Morgan fingerprint density at radius 3 is 2.56 bits per heavy atom. The molecule has 0 radical (unpaired) electrons. The third kappa shape index (κ3) is 7.51. The fourth-order valence-electron chi connectivity index (χ4n) is 3.76. The Morgan fingerprint density at radius 1 is 1.19 bits per heavy atom. The molecule has 0 amide bonds. The van der Waals surface area contributed by atoms with Crippen molar-refractivity contribution in [3.05, 3.63) is 35.9 Å². The number of rotatable bonds is 9. The summed E-state index contributed by atoms with van der Waals surface area (Å²) in [5, 5.41) is 7.09. The first kappa shape index (κ1) is 21.7. The normalized spacial score (nSPS) is 21.4. The lowest BCUT2D eigenvalue weighted by molar-refractivity contribution is 0.134. The van der Waals surface area contributed by atoms with Gasteiger partial charge < -0.3 is 15.5 Å². The van der Waals surface area contributed by atoms with E-state index in [0.29, 0.717) is 12.1 Å². The van der Waals surface area contributed by atoms with Gasteiger partial charge in [-0.3, -0.25) is 9.89 Å². The van der Waals surface area contributed by atoms with Gasteiger partial charge >= 0.3 is 0 Å². The summed E-state index contributed by atoms with van der Waals surface area (Å²) < 4.78 is 0. The lowest BCUT2D eigenvalue weighted by Gasteiger charge is -2.38. The standard InChI is InChI=1S/C22H39N5/c1-5-23-22(24-14-16-26(6-2)7-3)25-21-13-15-27(19(4)17-21)18-20-11-9-8-10-12-20/h8-12,19,21H,5-7,13-18H2,1-4H3,(H2,23,24,25). The van der Waals surface area contributed by atoms with Crippen molar-refractivity contribution in [2.75, 3.05) is 39.3 Å². The van der Waals surface area contributed by atoms with Gasteiger partial charge in [-0.15, -0.1) is 0 Å². The molecule has 5 heteroatoms. The van der Waals surface area contributed by atoms with E-state index in [2.05, 4.69) is 78.5 Å². The van der Waals surface area contributed by atoms with E-state index in [1.165, 1.54) is 5.56 Å². The molecular weight excluding hydrogens is 334 g/mol. The Hall–Kier alpha value is -1.59. The monoisotopic (exact) mass is 373 g/mol. The molecule has 2 unspecified atom stereocenters. The van der Waals surface area contributed by atoms with E-state index in [0.717, 1.165) is 64.6 Å². The zero-order valence-electron chi connectivity index (χ0n) is 17.7. The third-order valence-electron chi connectivity index (χ3n) is 5.51. The molecule has 2 atom stereocenters. The van der Waals surface area contributed by atoms with Crippen LogP contribution in [0.5, 0.6) is 0 Å². The van der Waals surface area contributed by atoms with E-state index in [9.17, 15) is 0 Å². The molecular formula is C22H39N5. The summed E-state index contributed by atoms with van der Waals surface area (Å²) in [6, 6.07) is 11.9. The number of hydrogen-bond donors (Lipinski definition) is 2. The first-order valence-corrected chi connectivity index (χ1v) is 10.7. The number of aliphatic imine (C=N–C) groups is 1. The first-order valence-electron chi connectivity index (χ1n) is 10.7. The highest BCUT2D eigenvalue weighted by Gasteiger charge is 2.25. The van der Waals surface area contributed by atoms with Crippen LogP contribution in [0.15, 0.2) is 35.3 Å². The Morgan fingerprint density at radius 2 is 1.93 bits per heavy atom. The number of piperidine rings is 1. The van der Waals surface area contributed by atoms with Crippen LogP contribution in [-0.4, -0.2) is 67.1 Å². The van der Waals surface area contributed by atoms with Crippen LogP contribution < -0.4 is 10.6 Å². The predicted octanol–water partition coefficient (Wildman–Crippen LogP) is 2.94. The molecule has 0 bridgehead atoms. The van der Waals surface area contributed by atoms with Gasteiger partial charge in [0.05, 0.1) is 6.54 Å². The Labute approximate surface area is 166 Å². The second-order valence-electron chi connectivity index (χ2n) is 7.46. The summed E-state index contributed by atoms with van der Waals surface area (Å²) in [4.78, 5) is 9.80. The highest BCUT2D eigenvalue weighted by atomic mass is 15.2. The van der Waals surface area contributed by atoms with Crippen LogP contribution in [0.4, 0.5) is 0 Å². The van der Waals surface area contributed by atoms with Crippen LogP contribution in [0.1, 0.15) is 46.1 Å². The van der Waals surface area contributed by atoms with Gasteiger partial charge in [0, 0.05) is 38.3 Å². The fourth-order valence-corrected chi connectivity index (χ4v) is 3.76. The Balaban J connectivity index is 1.83. The zero-order chi connectivity index (χ0) is 19.5. The minimum Gasteiger partial charge on any atom is -0.357 e. The number of benzene rings is 1. The quantitative estimate of drug-likeness (QED) is 0.516. The molecule has 5 nitrogen and oxygen atoms in total. The smallest absolute Gasteiger partial charge is 0.191 e. The molecule has 1 aliphatic rings. The molecule has 1 aromatic carbocycles. The van der Waals surface area contributed by atoms with Crippen LogP contribution >= 0.6 is 0 Å². The summed E-state index contributed by atoms with van der Waals surface area (Å²) in [5.74, 6) is 0.971. The Bertz CT molecular complexity index is 541. The number of likely N-dealkylation sites (tertiary alicyclic amines) is 1. The van der Waals surface area contributed by atoms with Crippen LogP contribution in [0.25, 0.3) is 0 Å². The molecule has 0 aliphatic carbocycles. The van der Waals surface area contributed by atoms with Crippen LogP contribution in [0.3, 0.4) is 0 Å². The average molecular weight is 374 g/mol. The first-order chi connectivity index (χ1) is 13.2. The van der Waals surface area contributed by atoms with Crippen molar-refractivity contribution in [3.8, 4) is 0 Å². The van der Waals surface area contributed by atoms with Crippen molar-refractivity contribution < 1.29 is 0 Å². The van der Waals surface area contributed by atoms with Crippen molar-refractivity contribution in [1.29, 1.82) is 0 Å². The molecule has 0 spiro atoms. The van der Waals surface area contributed by atoms with Gasteiger partial charge in [0.25, 0.3) is 0 Å². The lowest BCUT2D eigenvalue weighted by atomic mass is 9.97. The van der Waals surface area contributed by atoms with Gasteiger partial charge in [0.1, 0.15) is 0 Å². The maximum atomic E-state index is 4.79. The predicted molar refractivity (Wildman–Crippen MR) is 116 cm³/mol. The van der Waals surface area contributed by atoms with E-state index >= 15 is 0 Å². The molecule has 1 saturated heterocycles. The van der Waals surface area contributed by atoms with Crippen molar-refractivity contribution in [2.24, 2.45) is 4.99 Å². The molecule has 1 aliphatic heterocycles. The van der Waals surface area contributed by atoms with Crippen molar-refractivity contribution in [1.82, 2.24) is 20.4 Å². The molecule has 152 valence electrons. The highest BCUT2D eigenvalue weighted by Crippen LogP contribution is 2.19. The molecule has 1 aromatic rings. The van der Waals surface area contributed by atoms with Crippen molar-refractivity contribution in [2.45, 2.75) is 59.2 Å². The van der Waals surface area contributed by atoms with Gasteiger partial charge in [0.15, 0.2) is 5.96 Å². The largest absolute Gasteiger partial charge is 0.357 e. The van der Waals surface area contributed by atoms with Crippen LogP contribution in [-0.2, 0) is 6.54 Å². The Kier molecular flexibility index (Phi) is 9.64. The van der Waals surface area contributed by atoms with Crippen LogP contribution in [0, 0.1) is 0 Å². The van der Waals surface area contributed by atoms with Crippen molar-refractivity contribution in [3.63, 3.8) is 0 Å². The lowest BCUT2D eigenvalue weighted by Crippen LogP contribution is -2.51. The maximum Gasteiger partial charge on any atom is 0.191 e. The third-order valence-corrected chi connectivity index (χ3v) is 5.51. The number of likely N-dealkylation sites (N-methyl/N-ethyl adjacent to an activating group) is 1. The number of hydrogen-bond acceptors (Lipinski definition) is 3. The van der Waals surface area contributed by atoms with Crippen molar-refractivity contribution >= 4 is 5.96 Å². The SMILES string of the molecule is CCNC(=NCCN(CC)CC)NC1CCN(Cc2ccccc2)C(C)C1. The van der Waals surface area contributed by atoms with E-state index in [4.69, 9.17) is 4.99 Å².